The molecule has 2 aromatic rings. The summed E-state index contributed by atoms with van der Waals surface area (Å²) in [6, 6.07) is 7.44. The molecule has 0 unspecified atom stereocenters. The van der Waals surface area contributed by atoms with Gasteiger partial charge in [-0.15, -0.1) is 0 Å². The summed E-state index contributed by atoms with van der Waals surface area (Å²) in [6.45, 7) is 0. The van der Waals surface area contributed by atoms with Gasteiger partial charge in [0.25, 0.3) is 0 Å². The van der Waals surface area contributed by atoms with Gasteiger partial charge in [0.05, 0.1) is 5.41 Å². The number of nitrogens with zero attached hydrogens (tertiary/aromatic N) is 3. The van der Waals surface area contributed by atoms with Crippen molar-refractivity contribution in [2.45, 2.75) is 18.3 Å². The van der Waals surface area contributed by atoms with Crippen LogP contribution in [0.15, 0.2) is 24.3 Å². The minimum Gasteiger partial charge on any atom is -0.399 e. The third kappa shape index (κ3) is 1.82. The number of amides is 1. The largest absolute Gasteiger partial charge is 0.399 e. The second-order valence-corrected chi connectivity index (χ2v) is 5.06. The van der Waals surface area contributed by atoms with Gasteiger partial charge in [-0.1, -0.05) is 21.7 Å². The van der Waals surface area contributed by atoms with E-state index in [1.54, 1.807) is 0 Å². The first-order chi connectivity index (χ1) is 8.71. The van der Waals surface area contributed by atoms with Crippen molar-refractivity contribution in [2.75, 3.05) is 11.1 Å². The molecule has 1 aromatic heterocycles. The number of anilines is 2. The van der Waals surface area contributed by atoms with Crippen molar-refractivity contribution in [3.63, 3.8) is 0 Å². The number of carbonyl (C=O) groups excluding carboxylic acids is 1. The molecule has 1 amide bonds. The molecule has 0 atom stereocenters. The van der Waals surface area contributed by atoms with Gasteiger partial charge < -0.3 is 5.73 Å². The number of benzene rings is 1. The molecule has 7 heteroatoms. The number of carbonyl (C=O) groups is 1. The summed E-state index contributed by atoms with van der Waals surface area (Å²) in [4.78, 5) is 12.2. The van der Waals surface area contributed by atoms with Gasteiger partial charge in [0.2, 0.25) is 11.0 Å². The predicted molar refractivity (Wildman–Crippen MR) is 68.1 cm³/mol. The van der Waals surface area contributed by atoms with Crippen molar-refractivity contribution in [3.05, 3.63) is 29.8 Å². The van der Waals surface area contributed by atoms with Crippen molar-refractivity contribution in [3.8, 4) is 0 Å². The molecule has 1 saturated carbocycles. The van der Waals surface area contributed by atoms with Gasteiger partial charge in [-0.2, -0.15) is 0 Å². The molecule has 0 aliphatic heterocycles. The Kier molecular flexibility index (Phi) is 2.48. The first-order valence-corrected chi connectivity index (χ1v) is 6.30. The molecule has 3 N–H and O–H groups in total. The van der Waals surface area contributed by atoms with Crippen LogP contribution in [0.2, 0.25) is 0 Å². The lowest BCUT2D eigenvalue weighted by Crippen LogP contribution is -2.27. The van der Waals surface area contributed by atoms with Crippen molar-refractivity contribution in [2.24, 2.45) is 0 Å². The number of nitrogen functional groups attached to an aromatic ring is 1. The molecule has 1 fully saturated rings. The van der Waals surface area contributed by atoms with Gasteiger partial charge in [0.1, 0.15) is 0 Å². The van der Waals surface area contributed by atoms with Crippen LogP contribution < -0.4 is 11.1 Å². The molecule has 1 aliphatic carbocycles. The summed E-state index contributed by atoms with van der Waals surface area (Å²) >= 11 is 1.07. The molecular weight excluding hydrogens is 250 g/mol. The maximum absolute atomic E-state index is 12.2. The fourth-order valence-electron chi connectivity index (χ4n) is 1.97. The van der Waals surface area contributed by atoms with E-state index >= 15 is 0 Å². The zero-order valence-electron chi connectivity index (χ0n) is 9.46. The molecule has 92 valence electrons. The lowest BCUT2D eigenvalue weighted by atomic mass is 9.95. The van der Waals surface area contributed by atoms with Crippen LogP contribution in [0.4, 0.5) is 10.8 Å². The zero-order valence-corrected chi connectivity index (χ0v) is 10.3. The van der Waals surface area contributed by atoms with Crippen LogP contribution >= 0.6 is 11.5 Å². The van der Waals surface area contributed by atoms with E-state index < -0.39 is 5.41 Å². The molecule has 0 bridgehead atoms. The Morgan fingerprint density at radius 2 is 2.06 bits per heavy atom. The highest BCUT2D eigenvalue weighted by Crippen LogP contribution is 2.49. The van der Waals surface area contributed by atoms with Gasteiger partial charge in [-0.3, -0.25) is 10.1 Å². The quantitative estimate of drug-likeness (QED) is 0.809. The lowest BCUT2D eigenvalue weighted by molar-refractivity contribution is -0.118. The molecule has 0 radical (unpaired) electrons. The van der Waals surface area contributed by atoms with Gasteiger partial charge >= 0.3 is 0 Å². The monoisotopic (exact) mass is 261 g/mol. The Bertz CT molecular complexity index is 562. The third-order valence-corrected chi connectivity index (χ3v) is 3.68. The van der Waals surface area contributed by atoms with Crippen LogP contribution in [0, 0.1) is 0 Å². The van der Waals surface area contributed by atoms with Crippen molar-refractivity contribution in [1.82, 2.24) is 14.8 Å². The average molecular weight is 261 g/mol. The summed E-state index contributed by atoms with van der Waals surface area (Å²) in [7, 11) is 0. The van der Waals surface area contributed by atoms with Crippen LogP contribution in [0.25, 0.3) is 0 Å². The highest BCUT2D eigenvalue weighted by atomic mass is 32.1. The van der Waals surface area contributed by atoms with Crippen LogP contribution in [-0.4, -0.2) is 20.7 Å². The Hall–Kier alpha value is -2.02. The molecule has 0 spiro atoms. The average Bonchev–Trinajstić information content (AvgIpc) is 3.03. The molecule has 18 heavy (non-hydrogen) atoms. The topological polar surface area (TPSA) is 93.8 Å². The fraction of sp³-hybridized carbons (Fsp3) is 0.273. The van der Waals surface area contributed by atoms with E-state index in [0.717, 1.165) is 29.9 Å². The van der Waals surface area contributed by atoms with Gasteiger partial charge in [0, 0.05) is 17.2 Å². The minimum absolute atomic E-state index is 0.0502. The summed E-state index contributed by atoms with van der Waals surface area (Å²) in [5, 5.41) is 10.3. The Morgan fingerprint density at radius 3 is 2.61 bits per heavy atom. The SMILES string of the molecule is Nc1ccc(C2(C(=O)Nc3nnns3)CC2)cc1. The van der Waals surface area contributed by atoms with E-state index in [-0.39, 0.29) is 5.91 Å². The van der Waals surface area contributed by atoms with E-state index in [9.17, 15) is 4.79 Å². The Labute approximate surface area is 107 Å². The molecule has 1 aliphatic rings. The standard InChI is InChI=1S/C11H11N5OS/c12-8-3-1-7(2-4-8)11(5-6-11)9(17)13-10-14-15-16-18-10/h1-4H,5-6,12H2,(H,13,14,16,17). The first kappa shape index (κ1) is 11.1. The molecular formula is C11H11N5OS. The second kappa shape index (κ2) is 4.02. The highest BCUT2D eigenvalue weighted by Gasteiger charge is 2.51. The summed E-state index contributed by atoms with van der Waals surface area (Å²) < 4.78 is 3.61. The summed E-state index contributed by atoms with van der Waals surface area (Å²) in [6.07, 6.45) is 1.68. The molecule has 0 saturated heterocycles. The number of hydrogen-bond donors (Lipinski definition) is 2. The van der Waals surface area contributed by atoms with E-state index in [0.29, 0.717) is 10.8 Å². The minimum atomic E-state index is -0.431. The lowest BCUT2D eigenvalue weighted by Gasteiger charge is -2.14. The number of rotatable bonds is 3. The van der Waals surface area contributed by atoms with E-state index in [1.165, 1.54) is 0 Å². The number of aromatic nitrogens is 3. The molecule has 3 rings (SSSR count). The smallest absolute Gasteiger partial charge is 0.236 e. The first-order valence-electron chi connectivity index (χ1n) is 5.53. The second-order valence-electron chi connectivity index (χ2n) is 4.33. The van der Waals surface area contributed by atoms with Gasteiger partial charge in [-0.25, -0.2) is 0 Å². The van der Waals surface area contributed by atoms with Gasteiger partial charge in [0.15, 0.2) is 0 Å². The van der Waals surface area contributed by atoms with Crippen molar-refractivity contribution in [1.29, 1.82) is 0 Å². The molecule has 1 heterocycles. The maximum Gasteiger partial charge on any atom is 0.236 e. The molecule has 6 nitrogen and oxygen atoms in total. The van der Waals surface area contributed by atoms with E-state index in [2.05, 4.69) is 20.1 Å². The van der Waals surface area contributed by atoms with E-state index in [1.807, 2.05) is 24.3 Å². The highest BCUT2D eigenvalue weighted by molar-refractivity contribution is 7.09. The normalized spacial score (nSPS) is 16.2. The van der Waals surface area contributed by atoms with E-state index in [4.69, 9.17) is 5.73 Å². The zero-order chi connectivity index (χ0) is 12.6. The van der Waals surface area contributed by atoms with Crippen LogP contribution in [0.3, 0.4) is 0 Å². The van der Waals surface area contributed by atoms with Gasteiger partial charge in [-0.05, 0) is 35.8 Å². The fourth-order valence-corrected chi connectivity index (χ4v) is 2.33. The molecule has 1 aromatic carbocycles. The Morgan fingerprint density at radius 1 is 1.33 bits per heavy atom. The summed E-state index contributed by atoms with van der Waals surface area (Å²) in [5.41, 5.74) is 6.91. The number of hydrogen-bond acceptors (Lipinski definition) is 6. The number of nitrogens with one attached hydrogen (secondary N) is 1. The van der Waals surface area contributed by atoms with Crippen LogP contribution in [0.1, 0.15) is 18.4 Å². The Balaban J connectivity index is 1.82. The van der Waals surface area contributed by atoms with Crippen LogP contribution in [-0.2, 0) is 10.2 Å². The van der Waals surface area contributed by atoms with Crippen LogP contribution in [0.5, 0.6) is 0 Å². The maximum atomic E-state index is 12.2. The predicted octanol–water partition coefficient (Wildman–Crippen LogP) is 1.19. The number of nitrogens with two attached hydrogens (primary N) is 1. The third-order valence-electron chi connectivity index (χ3n) is 3.17. The van der Waals surface area contributed by atoms with Crippen molar-refractivity contribution >= 4 is 28.3 Å². The van der Waals surface area contributed by atoms with Crippen molar-refractivity contribution < 1.29 is 4.79 Å². The summed E-state index contributed by atoms with van der Waals surface area (Å²) in [5.74, 6) is -0.0502.